The molecule has 0 bridgehead atoms. The fourth-order valence-electron chi connectivity index (χ4n) is 2.28. The number of nitrogens with zero attached hydrogens (tertiary/aromatic N) is 4. The van der Waals surface area contributed by atoms with E-state index in [-0.39, 0.29) is 12.0 Å². The number of nitrogens with one attached hydrogen (secondary N) is 1. The lowest BCUT2D eigenvalue weighted by atomic mass is 10.3. The number of aryl methyl sites for hydroxylation is 1. The minimum Gasteiger partial charge on any atom is -0.487 e. The second kappa shape index (κ2) is 8.48. The van der Waals surface area contributed by atoms with Crippen LogP contribution in [0.5, 0.6) is 5.75 Å². The van der Waals surface area contributed by atoms with Crippen LogP contribution in [0.3, 0.4) is 0 Å². The smallest absolute Gasteiger partial charge is 0.263 e. The van der Waals surface area contributed by atoms with E-state index in [4.69, 9.17) is 4.74 Å². The largest absolute Gasteiger partial charge is 0.487 e. The molecule has 0 spiro atoms. The van der Waals surface area contributed by atoms with Crippen LogP contribution in [0.1, 0.15) is 29.2 Å². The molecule has 0 saturated carbocycles. The number of pyridine rings is 1. The van der Waals surface area contributed by atoms with Crippen molar-refractivity contribution in [2.24, 2.45) is 0 Å². The molecule has 0 radical (unpaired) electrons. The molecular formula is C18H19N5O2S. The van der Waals surface area contributed by atoms with Gasteiger partial charge in [0.25, 0.3) is 5.91 Å². The summed E-state index contributed by atoms with van der Waals surface area (Å²) in [6.45, 7) is 4.24. The summed E-state index contributed by atoms with van der Waals surface area (Å²) in [4.78, 5) is 30.1. The zero-order valence-electron chi connectivity index (χ0n) is 14.5. The average Bonchev–Trinajstić information content (AvgIpc) is 3.12. The standard InChI is InChI=1S/C18H19N5O2S/c1-3-14-15(26-18(23-14)16-20-8-5-9-21-16)17(24)22-10-12(2)25-13-6-4-7-19-11-13/h4-9,11-12H,3,10H2,1-2H3,(H,22,24). The van der Waals surface area contributed by atoms with Gasteiger partial charge < -0.3 is 10.1 Å². The number of carbonyl (C=O) groups is 1. The molecule has 1 atom stereocenters. The molecule has 3 aromatic rings. The van der Waals surface area contributed by atoms with Gasteiger partial charge >= 0.3 is 0 Å². The van der Waals surface area contributed by atoms with Crippen LogP contribution in [0.2, 0.25) is 0 Å². The van der Waals surface area contributed by atoms with Crippen molar-refractivity contribution in [2.75, 3.05) is 6.54 Å². The van der Waals surface area contributed by atoms with Gasteiger partial charge in [-0.05, 0) is 31.5 Å². The van der Waals surface area contributed by atoms with E-state index in [2.05, 4.69) is 25.3 Å². The van der Waals surface area contributed by atoms with E-state index < -0.39 is 0 Å². The third kappa shape index (κ3) is 4.40. The number of aromatic nitrogens is 4. The SMILES string of the molecule is CCc1nc(-c2ncccn2)sc1C(=O)NCC(C)Oc1cccnc1. The predicted molar refractivity (Wildman–Crippen MR) is 99.2 cm³/mol. The van der Waals surface area contributed by atoms with E-state index in [1.54, 1.807) is 36.9 Å². The van der Waals surface area contributed by atoms with Crippen molar-refractivity contribution in [1.29, 1.82) is 0 Å². The maximum absolute atomic E-state index is 12.6. The first-order valence-electron chi connectivity index (χ1n) is 8.29. The highest BCUT2D eigenvalue weighted by molar-refractivity contribution is 7.17. The summed E-state index contributed by atoms with van der Waals surface area (Å²) < 4.78 is 5.72. The monoisotopic (exact) mass is 369 g/mol. The maximum Gasteiger partial charge on any atom is 0.263 e. The van der Waals surface area contributed by atoms with Crippen molar-refractivity contribution < 1.29 is 9.53 Å². The van der Waals surface area contributed by atoms with Gasteiger partial charge in [0, 0.05) is 18.6 Å². The van der Waals surface area contributed by atoms with E-state index in [1.165, 1.54) is 11.3 Å². The summed E-state index contributed by atoms with van der Waals surface area (Å²) in [6.07, 6.45) is 7.12. The molecule has 3 heterocycles. The van der Waals surface area contributed by atoms with Gasteiger partial charge in [0.2, 0.25) is 0 Å². The number of amides is 1. The molecular weight excluding hydrogens is 350 g/mol. The topological polar surface area (TPSA) is 89.9 Å². The summed E-state index contributed by atoms with van der Waals surface area (Å²) in [5.41, 5.74) is 0.746. The Morgan fingerprint density at radius 1 is 1.27 bits per heavy atom. The van der Waals surface area contributed by atoms with Gasteiger partial charge in [-0.3, -0.25) is 9.78 Å². The highest BCUT2D eigenvalue weighted by Gasteiger charge is 2.19. The molecule has 0 aromatic carbocycles. The fourth-order valence-corrected chi connectivity index (χ4v) is 3.30. The van der Waals surface area contributed by atoms with Crippen molar-refractivity contribution in [1.82, 2.24) is 25.3 Å². The molecule has 1 amide bonds. The van der Waals surface area contributed by atoms with Gasteiger partial charge in [0.15, 0.2) is 10.8 Å². The normalized spacial score (nSPS) is 11.8. The second-order valence-electron chi connectivity index (χ2n) is 5.55. The van der Waals surface area contributed by atoms with E-state index in [1.807, 2.05) is 19.9 Å². The average molecular weight is 369 g/mol. The number of ether oxygens (including phenoxy) is 1. The lowest BCUT2D eigenvalue weighted by Gasteiger charge is -2.14. The molecule has 134 valence electrons. The van der Waals surface area contributed by atoms with Crippen LogP contribution >= 0.6 is 11.3 Å². The third-order valence-corrected chi connectivity index (χ3v) is 4.61. The van der Waals surface area contributed by atoms with E-state index in [0.717, 1.165) is 5.69 Å². The van der Waals surface area contributed by atoms with Crippen molar-refractivity contribution in [2.45, 2.75) is 26.4 Å². The molecule has 1 unspecified atom stereocenters. The van der Waals surface area contributed by atoms with Gasteiger partial charge in [-0.15, -0.1) is 11.3 Å². The van der Waals surface area contributed by atoms with E-state index in [0.29, 0.717) is 34.4 Å². The van der Waals surface area contributed by atoms with E-state index >= 15 is 0 Å². The van der Waals surface area contributed by atoms with Crippen molar-refractivity contribution >= 4 is 17.2 Å². The minimum absolute atomic E-state index is 0.164. The number of carbonyl (C=O) groups excluding carboxylic acids is 1. The Hall–Kier alpha value is -2.87. The quantitative estimate of drug-likeness (QED) is 0.689. The Morgan fingerprint density at radius 2 is 2.08 bits per heavy atom. The second-order valence-corrected chi connectivity index (χ2v) is 6.55. The minimum atomic E-state index is -0.182. The number of rotatable bonds is 7. The summed E-state index contributed by atoms with van der Waals surface area (Å²) in [7, 11) is 0. The van der Waals surface area contributed by atoms with Crippen LogP contribution in [-0.2, 0) is 6.42 Å². The van der Waals surface area contributed by atoms with Gasteiger partial charge in [-0.25, -0.2) is 15.0 Å². The molecule has 8 heteroatoms. The molecule has 0 saturated heterocycles. The summed E-state index contributed by atoms with van der Waals surface area (Å²) in [6, 6.07) is 5.38. The van der Waals surface area contributed by atoms with Crippen molar-refractivity contribution in [3.05, 3.63) is 53.6 Å². The van der Waals surface area contributed by atoms with Gasteiger partial charge in [-0.1, -0.05) is 6.92 Å². The Kier molecular flexibility index (Phi) is 5.85. The lowest BCUT2D eigenvalue weighted by Crippen LogP contribution is -2.33. The zero-order valence-corrected chi connectivity index (χ0v) is 15.4. The van der Waals surface area contributed by atoms with Crippen LogP contribution < -0.4 is 10.1 Å². The first-order chi connectivity index (χ1) is 12.7. The predicted octanol–water partition coefficient (Wildman–Crippen LogP) is 2.75. The Bertz CT molecular complexity index is 855. The molecule has 3 rings (SSSR count). The van der Waals surface area contributed by atoms with Crippen molar-refractivity contribution in [3.63, 3.8) is 0 Å². The van der Waals surface area contributed by atoms with Crippen LogP contribution in [0.15, 0.2) is 43.0 Å². The molecule has 3 aromatic heterocycles. The van der Waals surface area contributed by atoms with Gasteiger partial charge in [0.1, 0.15) is 16.7 Å². The Balaban J connectivity index is 1.65. The van der Waals surface area contributed by atoms with Crippen LogP contribution in [0.4, 0.5) is 0 Å². The zero-order chi connectivity index (χ0) is 18.4. The summed E-state index contributed by atoms with van der Waals surface area (Å²) >= 11 is 1.30. The Labute approximate surface area is 155 Å². The van der Waals surface area contributed by atoms with Crippen LogP contribution in [0, 0.1) is 0 Å². The molecule has 26 heavy (non-hydrogen) atoms. The maximum atomic E-state index is 12.6. The lowest BCUT2D eigenvalue weighted by molar-refractivity contribution is 0.0935. The van der Waals surface area contributed by atoms with Crippen LogP contribution in [-0.4, -0.2) is 38.5 Å². The first kappa shape index (κ1) is 17.9. The summed E-state index contributed by atoms with van der Waals surface area (Å²) in [5, 5.41) is 3.55. The van der Waals surface area contributed by atoms with Crippen molar-refractivity contribution in [3.8, 4) is 16.6 Å². The van der Waals surface area contributed by atoms with Gasteiger partial charge in [-0.2, -0.15) is 0 Å². The van der Waals surface area contributed by atoms with E-state index in [9.17, 15) is 4.79 Å². The van der Waals surface area contributed by atoms with Gasteiger partial charge in [0.05, 0.1) is 18.4 Å². The third-order valence-electron chi connectivity index (χ3n) is 3.52. The summed E-state index contributed by atoms with van der Waals surface area (Å²) in [5.74, 6) is 1.03. The highest BCUT2D eigenvalue weighted by atomic mass is 32.1. The number of thiazole rings is 1. The van der Waals surface area contributed by atoms with Crippen LogP contribution in [0.25, 0.3) is 10.8 Å². The first-order valence-corrected chi connectivity index (χ1v) is 9.11. The molecule has 1 N–H and O–H groups in total. The molecule has 7 nitrogen and oxygen atoms in total. The highest BCUT2D eigenvalue weighted by Crippen LogP contribution is 2.26. The molecule has 0 aliphatic carbocycles. The molecule has 0 aliphatic heterocycles. The number of hydrogen-bond acceptors (Lipinski definition) is 7. The molecule has 0 fully saturated rings. The molecule has 0 aliphatic rings. The number of hydrogen-bond donors (Lipinski definition) is 1. The fraction of sp³-hybridized carbons (Fsp3) is 0.278. The Morgan fingerprint density at radius 3 is 2.77 bits per heavy atom.